The van der Waals surface area contributed by atoms with E-state index in [-0.39, 0.29) is 24.8 Å². The lowest BCUT2D eigenvalue weighted by Crippen LogP contribution is -2.32. The molecule has 2 rings (SSSR count). The molecule has 2 heterocycles. The molecule has 82 valence electrons. The van der Waals surface area contributed by atoms with Gasteiger partial charge in [-0.15, -0.1) is 5.10 Å². The van der Waals surface area contributed by atoms with Crippen LogP contribution in [0.25, 0.3) is 0 Å². The van der Waals surface area contributed by atoms with Gasteiger partial charge in [-0.25, -0.2) is 13.6 Å². The second kappa shape index (κ2) is 3.24. The molecule has 0 aromatic carbocycles. The average molecular weight is 232 g/mol. The number of carbonyl (C=O) groups is 1. The van der Waals surface area contributed by atoms with Gasteiger partial charge in [-0.2, -0.15) is 5.21 Å². The zero-order valence-electron chi connectivity index (χ0n) is 7.49. The van der Waals surface area contributed by atoms with E-state index in [0.717, 1.165) is 4.90 Å². The van der Waals surface area contributed by atoms with Gasteiger partial charge in [0.1, 0.15) is 5.25 Å². The van der Waals surface area contributed by atoms with Gasteiger partial charge in [0.25, 0.3) is 5.95 Å². The van der Waals surface area contributed by atoms with E-state index in [9.17, 15) is 13.2 Å². The number of primary sulfonamides is 1. The molecule has 9 nitrogen and oxygen atoms in total. The summed E-state index contributed by atoms with van der Waals surface area (Å²) in [6.07, 6.45) is -0.145. The van der Waals surface area contributed by atoms with Crippen LogP contribution in [0, 0.1) is 0 Å². The van der Waals surface area contributed by atoms with Crippen LogP contribution in [0.15, 0.2) is 0 Å². The topological polar surface area (TPSA) is 135 Å². The van der Waals surface area contributed by atoms with E-state index in [4.69, 9.17) is 5.14 Å². The molecule has 3 N–H and O–H groups in total. The Morgan fingerprint density at radius 3 is 2.73 bits per heavy atom. The third-order valence-electron chi connectivity index (χ3n) is 2.13. The number of H-pyrrole nitrogens is 1. The van der Waals surface area contributed by atoms with Crippen LogP contribution in [0.2, 0.25) is 0 Å². The molecule has 0 aliphatic carbocycles. The van der Waals surface area contributed by atoms with Crippen molar-refractivity contribution in [1.82, 2.24) is 20.6 Å². The monoisotopic (exact) mass is 232 g/mol. The van der Waals surface area contributed by atoms with E-state index in [1.54, 1.807) is 0 Å². The molecule has 1 aromatic rings. The van der Waals surface area contributed by atoms with Crippen molar-refractivity contribution < 1.29 is 13.2 Å². The fourth-order valence-corrected chi connectivity index (χ4v) is 2.09. The maximum atomic E-state index is 11.4. The number of aromatic amines is 1. The molecule has 1 amide bonds. The van der Waals surface area contributed by atoms with E-state index in [1.807, 2.05) is 0 Å². The lowest BCUT2D eigenvalue weighted by Gasteiger charge is -2.09. The van der Waals surface area contributed by atoms with E-state index in [1.165, 1.54) is 0 Å². The van der Waals surface area contributed by atoms with Crippen LogP contribution in [-0.2, 0) is 14.8 Å². The molecule has 1 aliphatic rings. The Hall–Kier alpha value is -1.55. The number of hydrogen-bond acceptors (Lipinski definition) is 6. The van der Waals surface area contributed by atoms with Crippen molar-refractivity contribution in [3.05, 3.63) is 0 Å². The summed E-state index contributed by atoms with van der Waals surface area (Å²) in [5.41, 5.74) is 0. The minimum atomic E-state index is -3.71. The molecular weight excluding hydrogens is 224 g/mol. The largest absolute Gasteiger partial charge is 0.277 e. The van der Waals surface area contributed by atoms with Crippen LogP contribution in [0.4, 0.5) is 5.95 Å². The van der Waals surface area contributed by atoms with E-state index in [0.29, 0.717) is 0 Å². The molecule has 1 aromatic heterocycles. The summed E-state index contributed by atoms with van der Waals surface area (Å²) >= 11 is 0. The highest BCUT2D eigenvalue weighted by molar-refractivity contribution is 7.89. The summed E-state index contributed by atoms with van der Waals surface area (Å²) in [6.45, 7) is -0.0306. The number of nitrogens with one attached hydrogen (secondary N) is 1. The minimum absolute atomic E-state index is 0.0306. The fourth-order valence-electron chi connectivity index (χ4n) is 1.36. The Balaban J connectivity index is 2.23. The van der Waals surface area contributed by atoms with Gasteiger partial charge in [-0.3, -0.25) is 9.69 Å². The first-order valence-electron chi connectivity index (χ1n) is 4.04. The minimum Gasteiger partial charge on any atom is -0.277 e. The number of carbonyl (C=O) groups excluding carboxylic acids is 1. The van der Waals surface area contributed by atoms with Crippen LogP contribution in [0.3, 0.4) is 0 Å². The van der Waals surface area contributed by atoms with Crippen molar-refractivity contribution in [1.29, 1.82) is 0 Å². The van der Waals surface area contributed by atoms with Gasteiger partial charge in [0, 0.05) is 13.0 Å². The SMILES string of the molecule is NS(=O)(=O)C1CC(=O)N(c2nn[nH]n2)C1. The summed E-state index contributed by atoms with van der Waals surface area (Å²) in [5.74, 6) is -0.318. The van der Waals surface area contributed by atoms with Crippen molar-refractivity contribution in [3.63, 3.8) is 0 Å². The number of sulfonamides is 1. The summed E-state index contributed by atoms with van der Waals surface area (Å²) < 4.78 is 22.1. The highest BCUT2D eigenvalue weighted by Crippen LogP contribution is 2.19. The number of nitrogens with two attached hydrogens (primary N) is 1. The Bertz CT molecular complexity index is 467. The summed E-state index contributed by atoms with van der Waals surface area (Å²) in [4.78, 5) is 12.6. The zero-order chi connectivity index (χ0) is 11.1. The molecule has 0 saturated carbocycles. The number of rotatable bonds is 2. The average Bonchev–Trinajstić information content (AvgIpc) is 2.69. The van der Waals surface area contributed by atoms with Crippen LogP contribution in [-0.4, -0.2) is 46.7 Å². The number of nitrogens with zero attached hydrogens (tertiary/aromatic N) is 4. The third-order valence-corrected chi connectivity index (χ3v) is 3.37. The van der Waals surface area contributed by atoms with Gasteiger partial charge >= 0.3 is 0 Å². The van der Waals surface area contributed by atoms with Crippen molar-refractivity contribution in [3.8, 4) is 0 Å². The Kier molecular flexibility index (Phi) is 2.16. The van der Waals surface area contributed by atoms with E-state index in [2.05, 4.69) is 20.6 Å². The van der Waals surface area contributed by atoms with Gasteiger partial charge in [0.15, 0.2) is 0 Å². The van der Waals surface area contributed by atoms with E-state index < -0.39 is 15.3 Å². The fraction of sp³-hybridized carbons (Fsp3) is 0.600. The highest BCUT2D eigenvalue weighted by atomic mass is 32.2. The second-order valence-electron chi connectivity index (χ2n) is 3.13. The third kappa shape index (κ3) is 1.80. The molecule has 1 unspecified atom stereocenters. The maximum Gasteiger partial charge on any atom is 0.272 e. The van der Waals surface area contributed by atoms with Crippen LogP contribution in [0.5, 0.6) is 0 Å². The summed E-state index contributed by atoms with van der Waals surface area (Å²) in [7, 11) is -3.71. The molecule has 1 fully saturated rings. The first kappa shape index (κ1) is 9.98. The number of amides is 1. The van der Waals surface area contributed by atoms with Gasteiger partial charge in [0.2, 0.25) is 15.9 Å². The Morgan fingerprint density at radius 2 is 2.27 bits per heavy atom. The predicted octanol–water partition coefficient (Wildman–Crippen LogP) is -2.41. The molecule has 0 bridgehead atoms. The number of anilines is 1. The molecule has 1 saturated heterocycles. The first-order chi connectivity index (χ1) is 6.98. The Morgan fingerprint density at radius 1 is 1.53 bits per heavy atom. The molecule has 0 radical (unpaired) electrons. The van der Waals surface area contributed by atoms with Crippen LogP contribution in [0.1, 0.15) is 6.42 Å². The van der Waals surface area contributed by atoms with Crippen molar-refractivity contribution >= 4 is 21.9 Å². The van der Waals surface area contributed by atoms with E-state index >= 15 is 0 Å². The lowest BCUT2D eigenvalue weighted by molar-refractivity contribution is -0.117. The molecule has 10 heteroatoms. The maximum absolute atomic E-state index is 11.4. The second-order valence-corrected chi connectivity index (χ2v) is 4.98. The summed E-state index contributed by atoms with van der Waals surface area (Å²) in [6, 6.07) is 0. The van der Waals surface area contributed by atoms with Gasteiger partial charge in [-0.05, 0) is 5.21 Å². The molecular formula is C5H8N6O3S. The number of aromatic nitrogens is 4. The number of hydrogen-bond donors (Lipinski definition) is 2. The quantitative estimate of drug-likeness (QED) is 0.583. The van der Waals surface area contributed by atoms with Gasteiger partial charge in [-0.1, -0.05) is 5.10 Å². The predicted molar refractivity (Wildman–Crippen MR) is 48.0 cm³/mol. The van der Waals surface area contributed by atoms with Crippen LogP contribution >= 0.6 is 0 Å². The van der Waals surface area contributed by atoms with Crippen molar-refractivity contribution in [2.24, 2.45) is 5.14 Å². The zero-order valence-corrected chi connectivity index (χ0v) is 8.31. The van der Waals surface area contributed by atoms with Crippen molar-refractivity contribution in [2.45, 2.75) is 11.7 Å². The van der Waals surface area contributed by atoms with Gasteiger partial charge in [0.05, 0.1) is 0 Å². The van der Waals surface area contributed by atoms with Crippen molar-refractivity contribution in [2.75, 3.05) is 11.4 Å². The Labute approximate surface area is 84.7 Å². The molecule has 1 atom stereocenters. The smallest absolute Gasteiger partial charge is 0.272 e. The molecule has 1 aliphatic heterocycles. The standard InChI is InChI=1S/C5H8N6O3S/c6-15(13,14)3-1-4(12)11(2-3)5-7-9-10-8-5/h3H,1-2H2,(H2,6,13,14)(H,7,8,9,10). The van der Waals surface area contributed by atoms with Gasteiger partial charge < -0.3 is 0 Å². The highest BCUT2D eigenvalue weighted by Gasteiger charge is 2.38. The molecule has 0 spiro atoms. The molecule has 15 heavy (non-hydrogen) atoms. The van der Waals surface area contributed by atoms with Crippen LogP contribution < -0.4 is 10.0 Å². The summed E-state index contributed by atoms with van der Waals surface area (Å²) in [5, 5.41) is 16.7. The lowest BCUT2D eigenvalue weighted by atomic mass is 10.4. The first-order valence-corrected chi connectivity index (χ1v) is 5.65. The normalized spacial score (nSPS) is 22.3. The number of tetrazole rings is 1.